The second-order valence-electron chi connectivity index (χ2n) is 14.0. The lowest BCUT2D eigenvalue weighted by Crippen LogP contribution is -2.58. The first kappa shape index (κ1) is 25.9. The zero-order valence-electron chi connectivity index (χ0n) is 33.8. The molecule has 9 aromatic carbocycles. The van der Waals surface area contributed by atoms with E-state index in [4.69, 9.17) is 6.85 Å². The number of rotatable bonds is 3. The van der Waals surface area contributed by atoms with Crippen LogP contribution >= 0.6 is 23.5 Å². The van der Waals surface area contributed by atoms with Crippen LogP contribution in [0.2, 0.25) is 0 Å². The second-order valence-corrected chi connectivity index (χ2v) is 16.2. The van der Waals surface area contributed by atoms with Gasteiger partial charge in [0.05, 0.1) is 17.9 Å². The minimum absolute atomic E-state index is 0.0786. The number of nitrogens with zero attached hydrogens (tertiary/aromatic N) is 1. The van der Waals surface area contributed by atoms with Crippen molar-refractivity contribution in [2.45, 2.75) is 19.6 Å². The third-order valence-corrected chi connectivity index (χ3v) is 13.5. The summed E-state index contributed by atoms with van der Waals surface area (Å²) in [5.41, 5.74) is 10.5. The van der Waals surface area contributed by atoms with Gasteiger partial charge in [-0.2, -0.15) is 0 Å². The highest BCUT2D eigenvalue weighted by molar-refractivity contribution is 8.01. The van der Waals surface area contributed by atoms with Crippen molar-refractivity contribution < 1.29 is 6.85 Å². The van der Waals surface area contributed by atoms with Crippen LogP contribution in [0.15, 0.2) is 201 Å². The summed E-state index contributed by atoms with van der Waals surface area (Å²) in [6.45, 7) is 0.0786. The molecule has 3 heterocycles. The molecule has 0 saturated carbocycles. The molecular formula is C50H30BNS2. The first-order chi connectivity index (χ1) is 28.9. The van der Waals surface area contributed by atoms with E-state index < -0.39 is 6.04 Å². The third kappa shape index (κ3) is 4.38. The molecule has 0 amide bonds. The molecule has 12 rings (SSSR count). The Morgan fingerprint density at radius 3 is 1.56 bits per heavy atom. The van der Waals surface area contributed by atoms with E-state index in [1.165, 1.54) is 57.8 Å². The van der Waals surface area contributed by atoms with Crippen molar-refractivity contribution in [3.8, 4) is 27.9 Å². The summed E-state index contributed by atoms with van der Waals surface area (Å²) < 4.78 is 45.8. The maximum Gasteiger partial charge on any atom is 0.247 e. The van der Waals surface area contributed by atoms with Crippen molar-refractivity contribution in [3.05, 3.63) is 182 Å². The number of hydrogen-bond donors (Lipinski definition) is 0. The fourth-order valence-electron chi connectivity index (χ4n) is 9.00. The minimum atomic E-state index is -0.393. The molecule has 0 fully saturated rings. The number of hydrogen-bond acceptors (Lipinski definition) is 2. The summed E-state index contributed by atoms with van der Waals surface area (Å²) in [7, 11) is 0. The number of benzene rings is 9. The van der Waals surface area contributed by atoms with Gasteiger partial charge in [-0.3, -0.25) is 0 Å². The molecule has 1 aromatic heterocycles. The van der Waals surface area contributed by atoms with E-state index in [0.29, 0.717) is 5.56 Å². The highest BCUT2D eigenvalue weighted by Gasteiger charge is 2.38. The average Bonchev–Trinajstić information content (AvgIpc) is 3.61. The fourth-order valence-corrected chi connectivity index (χ4v) is 11.5. The van der Waals surface area contributed by atoms with Gasteiger partial charge in [-0.15, -0.1) is 0 Å². The van der Waals surface area contributed by atoms with Crippen molar-refractivity contribution in [1.82, 2.24) is 4.57 Å². The largest absolute Gasteiger partial charge is 0.309 e. The molecular weight excluding hydrogens is 690 g/mol. The molecule has 250 valence electrons. The van der Waals surface area contributed by atoms with Crippen LogP contribution in [0, 0.1) is 0 Å². The molecule has 0 atom stereocenters. The van der Waals surface area contributed by atoms with Gasteiger partial charge in [0.2, 0.25) is 6.71 Å². The van der Waals surface area contributed by atoms with Gasteiger partial charge in [-0.1, -0.05) is 174 Å². The molecule has 1 nitrogen and oxygen atoms in total. The van der Waals surface area contributed by atoms with Crippen LogP contribution in [0.1, 0.15) is 6.85 Å². The van der Waals surface area contributed by atoms with Gasteiger partial charge in [-0.05, 0) is 91.7 Å². The van der Waals surface area contributed by atoms with E-state index in [0.717, 1.165) is 38.4 Å². The number of aromatic nitrogens is 1. The van der Waals surface area contributed by atoms with Gasteiger partial charge >= 0.3 is 0 Å². The number of para-hydroxylation sites is 2. The molecule has 0 N–H and O–H groups in total. The first-order valence-electron chi connectivity index (χ1n) is 20.6. The second kappa shape index (κ2) is 11.8. The van der Waals surface area contributed by atoms with Crippen LogP contribution in [0.3, 0.4) is 0 Å². The molecule has 0 saturated heterocycles. The lowest BCUT2D eigenvalue weighted by atomic mass is 9.36. The van der Waals surface area contributed by atoms with E-state index in [1.807, 2.05) is 59.9 Å². The van der Waals surface area contributed by atoms with Crippen LogP contribution in [0.4, 0.5) is 0 Å². The van der Waals surface area contributed by atoms with E-state index in [9.17, 15) is 0 Å². The average molecular weight is 725 g/mol. The molecule has 0 unspecified atom stereocenters. The molecule has 2 aliphatic heterocycles. The minimum Gasteiger partial charge on any atom is -0.309 e. The molecule has 0 spiro atoms. The SMILES string of the molecule is [2H]c1c([2H])c([2H])c(-c2c3ccccc3c(-c3cc4c5c(c3)Sc3cc(-n6c7ccccc7c7ccccc76)ccc3B5c3ccccc3S4)c3ccccc23)c([2H])c1[2H]. The standard InChI is InChI=1S/C50H30BNS2/c1-2-14-31(15-3-1)48-36-18-4-6-20-38(36)49(39-21-7-5-19-37(39)48)32-28-46-50-47(29-32)54-45-30-33(26-27-41(45)51(50)40-22-10-13-25-44(40)53-46)52-42-23-11-8-16-34(42)35-17-9-12-24-43(35)52/h1-30H/i1D,2D,3D,14D,15D. The highest BCUT2D eigenvalue weighted by Crippen LogP contribution is 2.47. The van der Waals surface area contributed by atoms with Crippen LogP contribution in [0.25, 0.3) is 71.3 Å². The van der Waals surface area contributed by atoms with Gasteiger partial charge in [0, 0.05) is 36.0 Å². The molecule has 10 aromatic rings. The summed E-state index contributed by atoms with van der Waals surface area (Å²) in [6.07, 6.45) is 0. The number of fused-ring (bicyclic) bond motifs is 9. The Bertz CT molecular complexity index is 3350. The topological polar surface area (TPSA) is 4.93 Å². The highest BCUT2D eigenvalue weighted by atomic mass is 32.2. The fraction of sp³-hybridized carbons (Fsp3) is 0. The predicted octanol–water partition coefficient (Wildman–Crippen LogP) is 11.9. The molecule has 0 radical (unpaired) electrons. The van der Waals surface area contributed by atoms with Gasteiger partial charge in [0.25, 0.3) is 0 Å². The van der Waals surface area contributed by atoms with Gasteiger partial charge in [-0.25, -0.2) is 0 Å². The van der Waals surface area contributed by atoms with E-state index >= 15 is 0 Å². The lowest BCUT2D eigenvalue weighted by Gasteiger charge is -2.33. The first-order valence-corrected chi connectivity index (χ1v) is 19.8. The van der Waals surface area contributed by atoms with Crippen LogP contribution in [0.5, 0.6) is 0 Å². The summed E-state index contributed by atoms with van der Waals surface area (Å²) in [6, 6.07) is 52.6. The maximum absolute atomic E-state index is 9.00. The maximum atomic E-state index is 9.00. The Balaban J connectivity index is 1.11. The van der Waals surface area contributed by atoms with Crippen LogP contribution < -0.4 is 16.4 Å². The smallest absolute Gasteiger partial charge is 0.247 e. The quantitative estimate of drug-likeness (QED) is 0.132. The Labute approximate surface area is 329 Å². The Morgan fingerprint density at radius 2 is 0.926 bits per heavy atom. The summed E-state index contributed by atoms with van der Waals surface area (Å²) >= 11 is 3.67. The molecule has 2 aliphatic rings. The summed E-state index contributed by atoms with van der Waals surface area (Å²) in [5, 5.41) is 6.10. The molecule has 54 heavy (non-hydrogen) atoms. The third-order valence-electron chi connectivity index (χ3n) is 11.2. The van der Waals surface area contributed by atoms with Gasteiger partial charge in [0.1, 0.15) is 0 Å². The van der Waals surface area contributed by atoms with Crippen LogP contribution in [-0.2, 0) is 0 Å². The van der Waals surface area contributed by atoms with Crippen molar-refractivity contribution in [3.63, 3.8) is 0 Å². The summed E-state index contributed by atoms with van der Waals surface area (Å²) in [5.74, 6) is 0. The zero-order chi connectivity index (χ0) is 39.7. The summed E-state index contributed by atoms with van der Waals surface area (Å²) in [4.78, 5) is 4.94. The van der Waals surface area contributed by atoms with Crippen molar-refractivity contribution in [2.24, 2.45) is 0 Å². The normalized spacial score (nSPS) is 14.3. The van der Waals surface area contributed by atoms with E-state index in [2.05, 4.69) is 120 Å². The lowest BCUT2D eigenvalue weighted by molar-refractivity contribution is 1.16. The van der Waals surface area contributed by atoms with E-state index in [1.54, 1.807) is 0 Å². The van der Waals surface area contributed by atoms with Crippen LogP contribution in [-0.4, -0.2) is 11.3 Å². The van der Waals surface area contributed by atoms with Crippen molar-refractivity contribution in [2.75, 3.05) is 0 Å². The van der Waals surface area contributed by atoms with Crippen molar-refractivity contribution >= 4 is 90.0 Å². The monoisotopic (exact) mass is 724 g/mol. The predicted molar refractivity (Wildman–Crippen MR) is 232 cm³/mol. The van der Waals surface area contributed by atoms with E-state index in [-0.39, 0.29) is 36.4 Å². The molecule has 0 bridgehead atoms. The Morgan fingerprint density at radius 1 is 0.426 bits per heavy atom. The van der Waals surface area contributed by atoms with Gasteiger partial charge in [0.15, 0.2) is 0 Å². The Hall–Kier alpha value is -5.94. The molecule has 0 aliphatic carbocycles. The van der Waals surface area contributed by atoms with Crippen molar-refractivity contribution in [1.29, 1.82) is 0 Å². The zero-order valence-corrected chi connectivity index (χ0v) is 30.4. The Kier molecular flexibility index (Phi) is 5.66. The molecule has 4 heteroatoms. The van der Waals surface area contributed by atoms with Gasteiger partial charge < -0.3 is 4.57 Å².